The van der Waals surface area contributed by atoms with E-state index >= 15 is 0 Å². The van der Waals surface area contributed by atoms with Gasteiger partial charge >= 0.3 is 5.97 Å². The lowest BCUT2D eigenvalue weighted by Crippen LogP contribution is -2.12. The first-order valence-electron chi connectivity index (χ1n) is 7.94. The number of carbonyl (C=O) groups is 1. The second kappa shape index (κ2) is 7.21. The van der Waals surface area contributed by atoms with Gasteiger partial charge in [-0.25, -0.2) is 4.98 Å². The van der Waals surface area contributed by atoms with Gasteiger partial charge in [0, 0.05) is 5.56 Å². The van der Waals surface area contributed by atoms with Gasteiger partial charge in [0.05, 0.1) is 19.2 Å². The first-order chi connectivity index (χ1) is 12.1. The Hall–Kier alpha value is -3.08. The van der Waals surface area contributed by atoms with Crippen LogP contribution in [0.2, 0.25) is 0 Å². The minimum Gasteiger partial charge on any atom is -0.493 e. The van der Waals surface area contributed by atoms with Crippen LogP contribution in [-0.2, 0) is 11.2 Å². The summed E-state index contributed by atoms with van der Waals surface area (Å²) in [4.78, 5) is 16.7. The SMILES string of the molecule is COc1cc(C)ccc1OC(=O)Cc1nc(-c2ccccc2)oc1C. The van der Waals surface area contributed by atoms with Crippen LogP contribution < -0.4 is 9.47 Å². The molecule has 2 aromatic carbocycles. The normalized spacial score (nSPS) is 10.5. The van der Waals surface area contributed by atoms with Crippen LogP contribution in [0.3, 0.4) is 0 Å². The summed E-state index contributed by atoms with van der Waals surface area (Å²) in [5, 5.41) is 0. The molecule has 0 amide bonds. The molecule has 0 N–H and O–H groups in total. The van der Waals surface area contributed by atoms with Gasteiger partial charge in [0.2, 0.25) is 5.89 Å². The topological polar surface area (TPSA) is 61.6 Å². The molecule has 25 heavy (non-hydrogen) atoms. The van der Waals surface area contributed by atoms with E-state index in [1.54, 1.807) is 20.1 Å². The number of esters is 1. The van der Waals surface area contributed by atoms with Crippen LogP contribution in [0.5, 0.6) is 11.5 Å². The third kappa shape index (κ3) is 3.88. The highest BCUT2D eigenvalue weighted by atomic mass is 16.6. The summed E-state index contributed by atoms with van der Waals surface area (Å²) in [5.74, 6) is 1.59. The second-order valence-electron chi connectivity index (χ2n) is 5.69. The molecule has 0 aliphatic carbocycles. The molecular formula is C20H19NO4. The number of hydrogen-bond acceptors (Lipinski definition) is 5. The largest absolute Gasteiger partial charge is 0.493 e. The third-order valence-corrected chi connectivity index (χ3v) is 3.77. The molecule has 0 fully saturated rings. The first kappa shape index (κ1) is 16.8. The maximum absolute atomic E-state index is 12.3. The molecule has 0 radical (unpaired) electrons. The van der Waals surface area contributed by atoms with E-state index in [1.165, 1.54) is 0 Å². The molecule has 0 spiro atoms. The fourth-order valence-corrected chi connectivity index (χ4v) is 2.45. The van der Waals surface area contributed by atoms with Crippen molar-refractivity contribution in [3.05, 3.63) is 65.5 Å². The molecule has 0 aliphatic rings. The van der Waals surface area contributed by atoms with Gasteiger partial charge in [-0.2, -0.15) is 0 Å². The van der Waals surface area contributed by atoms with Crippen molar-refractivity contribution in [1.29, 1.82) is 0 Å². The number of rotatable bonds is 5. The van der Waals surface area contributed by atoms with Gasteiger partial charge in [-0.15, -0.1) is 0 Å². The predicted octanol–water partition coefficient (Wildman–Crippen LogP) is 4.12. The molecule has 0 unspecified atom stereocenters. The number of nitrogens with zero attached hydrogens (tertiary/aromatic N) is 1. The lowest BCUT2D eigenvalue weighted by atomic mass is 10.2. The Balaban J connectivity index is 1.75. The van der Waals surface area contributed by atoms with Crippen molar-refractivity contribution in [3.8, 4) is 23.0 Å². The Morgan fingerprint density at radius 1 is 1.08 bits per heavy atom. The molecule has 0 atom stereocenters. The van der Waals surface area contributed by atoms with Gasteiger partial charge in [0.25, 0.3) is 0 Å². The maximum atomic E-state index is 12.3. The van der Waals surface area contributed by atoms with Gasteiger partial charge in [-0.1, -0.05) is 24.3 Å². The zero-order valence-electron chi connectivity index (χ0n) is 14.4. The van der Waals surface area contributed by atoms with Crippen molar-refractivity contribution < 1.29 is 18.7 Å². The molecule has 0 saturated carbocycles. The molecular weight excluding hydrogens is 318 g/mol. The average Bonchev–Trinajstić information content (AvgIpc) is 2.98. The number of carbonyl (C=O) groups excluding carboxylic acids is 1. The highest BCUT2D eigenvalue weighted by Crippen LogP contribution is 2.28. The van der Waals surface area contributed by atoms with Crippen LogP contribution in [0.15, 0.2) is 52.9 Å². The smallest absolute Gasteiger partial charge is 0.317 e. The average molecular weight is 337 g/mol. The van der Waals surface area contributed by atoms with Crippen molar-refractivity contribution in [1.82, 2.24) is 4.98 Å². The molecule has 0 bridgehead atoms. The highest BCUT2D eigenvalue weighted by Gasteiger charge is 2.17. The third-order valence-electron chi connectivity index (χ3n) is 3.77. The molecule has 5 heteroatoms. The number of methoxy groups -OCH3 is 1. The number of hydrogen-bond donors (Lipinski definition) is 0. The first-order valence-corrected chi connectivity index (χ1v) is 7.94. The fraction of sp³-hybridized carbons (Fsp3) is 0.200. The quantitative estimate of drug-likeness (QED) is 0.518. The molecule has 3 aromatic rings. The standard InChI is InChI=1S/C20H19NO4/c1-13-9-10-17(18(11-13)23-3)25-19(22)12-16-14(2)24-20(21-16)15-7-5-4-6-8-15/h4-11H,12H2,1-3H3. The molecule has 3 rings (SSSR count). The van der Waals surface area contributed by atoms with E-state index in [-0.39, 0.29) is 6.42 Å². The van der Waals surface area contributed by atoms with Crippen molar-refractivity contribution in [2.45, 2.75) is 20.3 Å². The number of benzene rings is 2. The van der Waals surface area contributed by atoms with E-state index in [0.29, 0.717) is 28.8 Å². The molecule has 1 heterocycles. The minimum absolute atomic E-state index is 0.0270. The summed E-state index contributed by atoms with van der Waals surface area (Å²) in [5.41, 5.74) is 2.46. The van der Waals surface area contributed by atoms with Crippen LogP contribution in [-0.4, -0.2) is 18.1 Å². The number of aryl methyl sites for hydroxylation is 2. The predicted molar refractivity (Wildman–Crippen MR) is 93.7 cm³/mol. The lowest BCUT2D eigenvalue weighted by Gasteiger charge is -2.09. The van der Waals surface area contributed by atoms with Gasteiger partial charge in [-0.3, -0.25) is 4.79 Å². The zero-order chi connectivity index (χ0) is 17.8. The maximum Gasteiger partial charge on any atom is 0.317 e. The van der Waals surface area contributed by atoms with Crippen molar-refractivity contribution in [3.63, 3.8) is 0 Å². The Kier molecular flexibility index (Phi) is 4.84. The van der Waals surface area contributed by atoms with Gasteiger partial charge in [0.1, 0.15) is 5.76 Å². The summed E-state index contributed by atoms with van der Waals surface area (Å²) >= 11 is 0. The molecule has 0 aliphatic heterocycles. The number of oxazole rings is 1. The van der Waals surface area contributed by atoms with Gasteiger partial charge in [0.15, 0.2) is 11.5 Å². The summed E-state index contributed by atoms with van der Waals surface area (Å²) < 4.78 is 16.3. The number of ether oxygens (including phenoxy) is 2. The van der Waals surface area contributed by atoms with Gasteiger partial charge in [-0.05, 0) is 43.7 Å². The van der Waals surface area contributed by atoms with E-state index < -0.39 is 5.97 Å². The Morgan fingerprint density at radius 3 is 2.56 bits per heavy atom. The van der Waals surface area contributed by atoms with Crippen LogP contribution >= 0.6 is 0 Å². The Bertz CT molecular complexity index is 884. The monoisotopic (exact) mass is 337 g/mol. The van der Waals surface area contributed by atoms with Crippen LogP contribution in [0.25, 0.3) is 11.5 Å². The van der Waals surface area contributed by atoms with Crippen LogP contribution in [0, 0.1) is 13.8 Å². The van der Waals surface area contributed by atoms with E-state index in [1.807, 2.05) is 49.4 Å². The van der Waals surface area contributed by atoms with E-state index in [0.717, 1.165) is 11.1 Å². The Morgan fingerprint density at radius 2 is 1.84 bits per heavy atom. The summed E-state index contributed by atoms with van der Waals surface area (Å²) in [6.07, 6.45) is 0.0270. The van der Waals surface area contributed by atoms with Crippen LogP contribution in [0.1, 0.15) is 17.0 Å². The van der Waals surface area contributed by atoms with E-state index in [2.05, 4.69) is 4.98 Å². The van der Waals surface area contributed by atoms with Crippen LogP contribution in [0.4, 0.5) is 0 Å². The van der Waals surface area contributed by atoms with E-state index in [9.17, 15) is 4.79 Å². The lowest BCUT2D eigenvalue weighted by molar-refractivity contribution is -0.133. The second-order valence-corrected chi connectivity index (χ2v) is 5.69. The number of aromatic nitrogens is 1. The van der Waals surface area contributed by atoms with Crippen molar-refractivity contribution >= 4 is 5.97 Å². The molecule has 128 valence electrons. The molecule has 5 nitrogen and oxygen atoms in total. The van der Waals surface area contributed by atoms with Crippen molar-refractivity contribution in [2.75, 3.05) is 7.11 Å². The molecule has 0 saturated heterocycles. The van der Waals surface area contributed by atoms with Crippen molar-refractivity contribution in [2.24, 2.45) is 0 Å². The molecule has 1 aromatic heterocycles. The summed E-state index contributed by atoms with van der Waals surface area (Å²) in [6, 6.07) is 15.0. The van der Waals surface area contributed by atoms with Gasteiger partial charge < -0.3 is 13.9 Å². The highest BCUT2D eigenvalue weighted by molar-refractivity contribution is 5.76. The summed E-state index contributed by atoms with van der Waals surface area (Å²) in [7, 11) is 1.54. The fourth-order valence-electron chi connectivity index (χ4n) is 2.45. The minimum atomic E-state index is -0.418. The zero-order valence-corrected chi connectivity index (χ0v) is 14.4. The Labute approximate surface area is 146 Å². The van der Waals surface area contributed by atoms with E-state index in [4.69, 9.17) is 13.9 Å². The summed E-state index contributed by atoms with van der Waals surface area (Å²) in [6.45, 7) is 3.73.